The van der Waals surface area contributed by atoms with Gasteiger partial charge in [0.15, 0.2) is 11.5 Å². The van der Waals surface area contributed by atoms with Gasteiger partial charge in [-0.15, -0.1) is 10.2 Å². The number of hydrogen-bond acceptors (Lipinski definition) is 9. The highest BCUT2D eigenvalue weighted by Gasteiger charge is 2.20. The zero-order valence-corrected chi connectivity index (χ0v) is 21.8. The van der Waals surface area contributed by atoms with E-state index in [1.807, 2.05) is 32.0 Å². The van der Waals surface area contributed by atoms with Crippen molar-refractivity contribution >= 4 is 16.6 Å². The zero-order valence-electron chi connectivity index (χ0n) is 21.0. The summed E-state index contributed by atoms with van der Waals surface area (Å²) in [6.07, 6.45) is 2.48. The summed E-state index contributed by atoms with van der Waals surface area (Å²) in [4.78, 5) is 9.51. The van der Waals surface area contributed by atoms with Crippen LogP contribution in [0.4, 0.5) is 10.2 Å². The Morgan fingerprint density at radius 3 is 2.63 bits per heavy atom. The van der Waals surface area contributed by atoms with Gasteiger partial charge in [-0.2, -0.15) is 0 Å². The number of anilines is 1. The summed E-state index contributed by atoms with van der Waals surface area (Å²) >= 11 is 0. The number of nitrogen functional groups attached to an aromatic ring is 1. The second-order valence-corrected chi connectivity index (χ2v) is 11.0. The van der Waals surface area contributed by atoms with E-state index in [0.717, 1.165) is 29.1 Å². The molecule has 4 aromatic rings. The summed E-state index contributed by atoms with van der Waals surface area (Å²) < 4.78 is 38.3. The summed E-state index contributed by atoms with van der Waals surface area (Å²) in [6, 6.07) is 12.4. The maximum absolute atomic E-state index is 14.9. The van der Waals surface area contributed by atoms with Gasteiger partial charge < -0.3 is 25.7 Å². The Hall–Kier alpha value is -3.58. The molecule has 1 saturated heterocycles. The molecular formula is C26H35FN6O4S. The normalized spacial score (nSPS) is 15.9. The molecule has 0 radical (unpaired) electrons. The van der Waals surface area contributed by atoms with E-state index in [9.17, 15) is 8.60 Å². The quantitative estimate of drug-likeness (QED) is 0.334. The molecule has 38 heavy (non-hydrogen) atoms. The molecule has 1 aliphatic rings. The molecule has 2 aromatic heterocycles. The van der Waals surface area contributed by atoms with E-state index in [1.165, 1.54) is 12.3 Å². The zero-order chi connectivity index (χ0) is 25.9. The van der Waals surface area contributed by atoms with Crippen LogP contribution < -0.4 is 11.1 Å². The van der Waals surface area contributed by atoms with Gasteiger partial charge in [0.2, 0.25) is 0 Å². The number of aromatic nitrogens is 4. The molecule has 2 aromatic carbocycles. The van der Waals surface area contributed by atoms with Gasteiger partial charge in [0.25, 0.3) is 11.8 Å². The van der Waals surface area contributed by atoms with Crippen LogP contribution in [0.25, 0.3) is 34.3 Å². The summed E-state index contributed by atoms with van der Waals surface area (Å²) in [6.45, 7) is 5.77. The van der Waals surface area contributed by atoms with Crippen LogP contribution in [0.1, 0.15) is 30.1 Å². The number of rotatable bonds is 8. The fourth-order valence-corrected chi connectivity index (χ4v) is 4.90. The van der Waals surface area contributed by atoms with E-state index in [1.54, 1.807) is 18.2 Å². The van der Waals surface area contributed by atoms with Crippen LogP contribution in [-0.2, 0) is 22.1 Å². The van der Waals surface area contributed by atoms with Crippen molar-refractivity contribution in [1.29, 1.82) is 0 Å². The number of halogens is 1. The van der Waals surface area contributed by atoms with Crippen molar-refractivity contribution in [3.8, 4) is 34.3 Å². The SMILES string of the molecule is CC(C)S(=O)c1ccc(-c2cnc(N)c(-c3nnc(-c4ccc(CNC5CCOC5)cc4F)o3)n2)cc1.O.[HH].[HH].[HH]. The van der Waals surface area contributed by atoms with Crippen molar-refractivity contribution < 1.29 is 27.5 Å². The van der Waals surface area contributed by atoms with E-state index in [0.29, 0.717) is 18.8 Å². The molecule has 12 heteroatoms. The minimum atomic E-state index is -1.09. The van der Waals surface area contributed by atoms with E-state index in [2.05, 4.69) is 25.5 Å². The third kappa shape index (κ3) is 5.94. The van der Waals surface area contributed by atoms with Gasteiger partial charge in [0.05, 0.1) is 34.9 Å². The number of benzene rings is 2. The molecule has 0 amide bonds. The molecule has 206 valence electrons. The number of nitrogens with zero attached hydrogens (tertiary/aromatic N) is 4. The predicted octanol–water partition coefficient (Wildman–Crippen LogP) is 3.89. The molecule has 1 aliphatic heterocycles. The highest BCUT2D eigenvalue weighted by Crippen LogP contribution is 2.29. The Balaban J connectivity index is 0.00000210. The molecular weight excluding hydrogens is 511 g/mol. The average molecular weight is 547 g/mol. The number of nitrogens with two attached hydrogens (primary N) is 1. The molecule has 2 atom stereocenters. The fourth-order valence-electron chi connectivity index (χ4n) is 3.95. The van der Waals surface area contributed by atoms with Crippen LogP contribution >= 0.6 is 0 Å². The second-order valence-electron chi connectivity index (χ2n) is 9.03. The molecule has 2 unspecified atom stereocenters. The van der Waals surface area contributed by atoms with Gasteiger partial charge >= 0.3 is 0 Å². The molecule has 5 N–H and O–H groups in total. The van der Waals surface area contributed by atoms with E-state index < -0.39 is 16.6 Å². The van der Waals surface area contributed by atoms with Gasteiger partial charge in [0.1, 0.15) is 5.82 Å². The van der Waals surface area contributed by atoms with Gasteiger partial charge in [-0.25, -0.2) is 14.4 Å². The lowest BCUT2D eigenvalue weighted by atomic mass is 10.1. The van der Waals surface area contributed by atoms with E-state index >= 15 is 0 Å². The number of nitrogens with one attached hydrogen (secondary N) is 1. The summed E-state index contributed by atoms with van der Waals surface area (Å²) in [7, 11) is -1.09. The number of ether oxygens (including phenoxy) is 1. The van der Waals surface area contributed by atoms with Crippen LogP contribution in [0, 0.1) is 5.82 Å². The van der Waals surface area contributed by atoms with Crippen molar-refractivity contribution in [2.75, 3.05) is 18.9 Å². The molecule has 3 heterocycles. The van der Waals surface area contributed by atoms with Gasteiger partial charge in [0, 0.05) is 39.2 Å². The maximum atomic E-state index is 14.9. The van der Waals surface area contributed by atoms with Gasteiger partial charge in [-0.1, -0.05) is 32.0 Å². The first kappa shape index (κ1) is 27.5. The van der Waals surface area contributed by atoms with Gasteiger partial charge in [-0.3, -0.25) is 4.21 Å². The lowest BCUT2D eigenvalue weighted by Gasteiger charge is -2.10. The molecule has 10 nitrogen and oxygen atoms in total. The number of hydrogen-bond donors (Lipinski definition) is 2. The topological polar surface area (TPSA) is 161 Å². The Morgan fingerprint density at radius 2 is 1.95 bits per heavy atom. The van der Waals surface area contributed by atoms with Crippen LogP contribution in [-0.4, -0.2) is 54.4 Å². The molecule has 0 bridgehead atoms. The Bertz CT molecular complexity index is 1440. The van der Waals surface area contributed by atoms with Crippen molar-refractivity contribution in [3.63, 3.8) is 0 Å². The van der Waals surface area contributed by atoms with Crippen LogP contribution in [0.5, 0.6) is 0 Å². The fraction of sp³-hybridized carbons (Fsp3) is 0.308. The van der Waals surface area contributed by atoms with Crippen LogP contribution in [0.15, 0.2) is 58.0 Å². The molecule has 0 aliphatic carbocycles. The Labute approximate surface area is 226 Å². The lowest BCUT2D eigenvalue weighted by Crippen LogP contribution is -2.28. The third-order valence-electron chi connectivity index (χ3n) is 6.03. The lowest BCUT2D eigenvalue weighted by molar-refractivity contribution is 0.190. The molecule has 1 fully saturated rings. The average Bonchev–Trinajstić information content (AvgIpc) is 3.60. The minimum absolute atomic E-state index is 0. The van der Waals surface area contributed by atoms with Crippen molar-refractivity contribution in [1.82, 2.24) is 25.5 Å². The first-order valence-electron chi connectivity index (χ1n) is 12.0. The van der Waals surface area contributed by atoms with Crippen molar-refractivity contribution in [2.24, 2.45) is 0 Å². The minimum Gasteiger partial charge on any atom is -0.414 e. The summed E-state index contributed by atoms with van der Waals surface area (Å²) in [5, 5.41) is 11.4. The smallest absolute Gasteiger partial charge is 0.270 e. The van der Waals surface area contributed by atoms with Gasteiger partial charge in [-0.05, 0) is 36.2 Å². The summed E-state index contributed by atoms with van der Waals surface area (Å²) in [5.74, 6) is -0.313. The summed E-state index contributed by atoms with van der Waals surface area (Å²) in [5.41, 5.74) is 8.53. The van der Waals surface area contributed by atoms with E-state index in [4.69, 9.17) is 14.9 Å². The van der Waals surface area contributed by atoms with Crippen LogP contribution in [0.3, 0.4) is 0 Å². The first-order chi connectivity index (χ1) is 17.9. The molecule has 0 saturated carbocycles. The Morgan fingerprint density at radius 1 is 1.18 bits per heavy atom. The Kier molecular flexibility index (Phi) is 8.57. The maximum Gasteiger partial charge on any atom is 0.270 e. The highest BCUT2D eigenvalue weighted by molar-refractivity contribution is 7.85. The monoisotopic (exact) mass is 546 g/mol. The predicted molar refractivity (Wildman–Crippen MR) is 148 cm³/mol. The third-order valence-corrected chi connectivity index (χ3v) is 7.62. The standard InChI is InChI=1S/C26H27FN6O3S.H2O.3H2/c1-15(2)37(34)19-6-4-17(5-7-19)22-13-30-24(28)23(31-22)26-33-32-25(36-26)20-8-3-16(11-21(20)27)12-29-18-9-10-35-14-18;;;;/h3-8,11,13,15,18,29H,9-10,12,14H2,1-2H3,(H2,28,30);1H2;3*1H. The van der Waals surface area contributed by atoms with E-state index in [-0.39, 0.29) is 49.9 Å². The first-order valence-corrected chi connectivity index (χ1v) is 13.2. The van der Waals surface area contributed by atoms with Crippen molar-refractivity contribution in [2.45, 2.75) is 43.0 Å². The molecule has 5 rings (SSSR count). The second kappa shape index (κ2) is 11.9. The highest BCUT2D eigenvalue weighted by atomic mass is 32.2. The molecule has 0 spiro atoms. The largest absolute Gasteiger partial charge is 0.414 e. The van der Waals surface area contributed by atoms with Crippen LogP contribution in [0.2, 0.25) is 0 Å². The van der Waals surface area contributed by atoms with Crippen molar-refractivity contribution in [3.05, 3.63) is 60.0 Å².